The fraction of sp³-hybridized carbons (Fsp3) is 0.600. The molecule has 0 saturated heterocycles. The van der Waals surface area contributed by atoms with Crippen LogP contribution in [0.5, 0.6) is 0 Å². The molecule has 0 fully saturated rings. The number of nitrogens with one attached hydrogen (secondary N) is 2. The highest BCUT2D eigenvalue weighted by Gasteiger charge is 2.12. The summed E-state index contributed by atoms with van der Waals surface area (Å²) < 4.78 is 4.82. The van der Waals surface area contributed by atoms with Crippen molar-refractivity contribution >= 4 is 11.8 Å². The molecule has 0 bridgehead atoms. The van der Waals surface area contributed by atoms with Gasteiger partial charge in [-0.2, -0.15) is 0 Å². The monoisotopic (exact) mass is 211 g/mol. The summed E-state index contributed by atoms with van der Waals surface area (Å²) in [5.41, 5.74) is 0.0665. The summed E-state index contributed by atoms with van der Waals surface area (Å²) in [5.74, 6) is 1.10. The lowest BCUT2D eigenvalue weighted by atomic mass is 9.97. The summed E-state index contributed by atoms with van der Waals surface area (Å²) in [6.45, 7) is 8.52. The van der Waals surface area contributed by atoms with Crippen LogP contribution < -0.4 is 10.6 Å². The first-order chi connectivity index (χ1) is 6.87. The molecular formula is C10H17N3O2. The Bertz CT molecular complexity index is 339. The van der Waals surface area contributed by atoms with Crippen LogP contribution in [-0.4, -0.2) is 17.7 Å². The molecular weight excluding hydrogens is 194 g/mol. The van der Waals surface area contributed by atoms with Gasteiger partial charge in [0.25, 0.3) is 0 Å². The first kappa shape index (κ1) is 11.6. The molecule has 5 heteroatoms. The molecule has 0 aromatic carbocycles. The molecule has 5 nitrogen and oxygen atoms in total. The molecule has 15 heavy (non-hydrogen) atoms. The number of rotatable bonds is 2. The van der Waals surface area contributed by atoms with E-state index >= 15 is 0 Å². The summed E-state index contributed by atoms with van der Waals surface area (Å²) in [6, 6.07) is 1.40. The van der Waals surface area contributed by atoms with Crippen LogP contribution in [0.2, 0.25) is 0 Å². The van der Waals surface area contributed by atoms with Crippen molar-refractivity contribution in [2.24, 2.45) is 5.41 Å². The second kappa shape index (κ2) is 4.33. The molecule has 1 aromatic heterocycles. The number of hydrogen-bond acceptors (Lipinski definition) is 3. The van der Waals surface area contributed by atoms with E-state index in [1.54, 1.807) is 13.0 Å². The van der Waals surface area contributed by atoms with Crippen LogP contribution in [0.4, 0.5) is 10.6 Å². The normalized spacial score (nSPS) is 11.2. The first-order valence-electron chi connectivity index (χ1n) is 4.85. The third-order valence-electron chi connectivity index (χ3n) is 1.65. The molecule has 1 aromatic rings. The summed E-state index contributed by atoms with van der Waals surface area (Å²) in [4.78, 5) is 11.4. The van der Waals surface area contributed by atoms with Crippen molar-refractivity contribution in [1.29, 1.82) is 0 Å². The molecule has 84 valence electrons. The SMILES string of the molecule is Cc1cc(NC(=O)NCC(C)(C)C)no1. The standard InChI is InChI=1S/C10H17N3O2/c1-7-5-8(13-15-7)12-9(14)11-6-10(2,3)4/h5H,6H2,1-4H3,(H2,11,12,13,14). The van der Waals surface area contributed by atoms with Gasteiger partial charge in [-0.05, 0) is 12.3 Å². The summed E-state index contributed by atoms with van der Waals surface area (Å²) in [7, 11) is 0. The third kappa shape index (κ3) is 4.49. The minimum atomic E-state index is -0.266. The van der Waals surface area contributed by atoms with Crippen molar-refractivity contribution in [1.82, 2.24) is 10.5 Å². The zero-order chi connectivity index (χ0) is 11.5. The molecule has 2 amide bonds. The zero-order valence-electron chi connectivity index (χ0n) is 9.55. The van der Waals surface area contributed by atoms with Crippen LogP contribution >= 0.6 is 0 Å². The Morgan fingerprint density at radius 3 is 2.67 bits per heavy atom. The fourth-order valence-electron chi connectivity index (χ4n) is 0.931. The number of nitrogens with zero attached hydrogens (tertiary/aromatic N) is 1. The van der Waals surface area contributed by atoms with Crippen LogP contribution in [0, 0.1) is 12.3 Å². The zero-order valence-corrected chi connectivity index (χ0v) is 9.55. The van der Waals surface area contributed by atoms with Crippen molar-refractivity contribution in [3.8, 4) is 0 Å². The van der Waals surface area contributed by atoms with Crippen molar-refractivity contribution < 1.29 is 9.32 Å². The lowest BCUT2D eigenvalue weighted by molar-refractivity contribution is 0.246. The molecule has 2 N–H and O–H groups in total. The van der Waals surface area contributed by atoms with E-state index in [1.165, 1.54) is 0 Å². The molecule has 0 spiro atoms. The van der Waals surface area contributed by atoms with E-state index < -0.39 is 0 Å². The number of hydrogen-bond donors (Lipinski definition) is 2. The van der Waals surface area contributed by atoms with Crippen molar-refractivity contribution in [2.75, 3.05) is 11.9 Å². The topological polar surface area (TPSA) is 67.2 Å². The van der Waals surface area contributed by atoms with E-state index in [9.17, 15) is 4.79 Å². The van der Waals surface area contributed by atoms with Crippen molar-refractivity contribution in [3.63, 3.8) is 0 Å². The second-order valence-corrected chi connectivity index (χ2v) is 4.69. The van der Waals surface area contributed by atoms with Crippen LogP contribution in [0.25, 0.3) is 0 Å². The second-order valence-electron chi connectivity index (χ2n) is 4.69. The van der Waals surface area contributed by atoms with Gasteiger partial charge in [-0.1, -0.05) is 25.9 Å². The van der Waals surface area contributed by atoms with Gasteiger partial charge in [0.2, 0.25) is 0 Å². The number of urea groups is 1. The quantitative estimate of drug-likeness (QED) is 0.787. The fourth-order valence-corrected chi connectivity index (χ4v) is 0.931. The number of anilines is 1. The lowest BCUT2D eigenvalue weighted by Crippen LogP contribution is -2.35. The first-order valence-corrected chi connectivity index (χ1v) is 4.85. The molecule has 0 aliphatic rings. The van der Waals surface area contributed by atoms with E-state index in [4.69, 9.17) is 4.52 Å². The van der Waals surface area contributed by atoms with Gasteiger partial charge in [0.05, 0.1) is 0 Å². The Balaban J connectivity index is 2.37. The summed E-state index contributed by atoms with van der Waals surface area (Å²) in [6.07, 6.45) is 0. The van der Waals surface area contributed by atoms with Crippen molar-refractivity contribution in [3.05, 3.63) is 11.8 Å². The van der Waals surface area contributed by atoms with E-state index in [-0.39, 0.29) is 11.4 Å². The van der Waals surface area contributed by atoms with Gasteiger partial charge in [-0.15, -0.1) is 0 Å². The molecule has 0 aliphatic heterocycles. The van der Waals surface area contributed by atoms with Gasteiger partial charge in [-0.25, -0.2) is 4.79 Å². The van der Waals surface area contributed by atoms with E-state index in [2.05, 4.69) is 15.8 Å². The minimum absolute atomic E-state index is 0.0665. The number of amides is 2. The smallest absolute Gasteiger partial charge is 0.320 e. The maximum atomic E-state index is 11.4. The number of aromatic nitrogens is 1. The number of carbonyl (C=O) groups is 1. The van der Waals surface area contributed by atoms with Crippen LogP contribution in [-0.2, 0) is 0 Å². The lowest BCUT2D eigenvalue weighted by Gasteiger charge is -2.18. The van der Waals surface area contributed by atoms with Gasteiger partial charge in [0.15, 0.2) is 5.82 Å². The highest BCUT2D eigenvalue weighted by atomic mass is 16.5. The predicted octanol–water partition coefficient (Wildman–Crippen LogP) is 2.15. The van der Waals surface area contributed by atoms with Crippen LogP contribution in [0.3, 0.4) is 0 Å². The van der Waals surface area contributed by atoms with E-state index in [0.717, 1.165) is 0 Å². The largest absolute Gasteiger partial charge is 0.360 e. The van der Waals surface area contributed by atoms with Gasteiger partial charge >= 0.3 is 6.03 Å². The Hall–Kier alpha value is -1.52. The molecule has 0 aliphatic carbocycles. The van der Waals surface area contributed by atoms with Crippen molar-refractivity contribution in [2.45, 2.75) is 27.7 Å². The molecule has 0 unspecified atom stereocenters. The highest BCUT2D eigenvalue weighted by molar-refractivity contribution is 5.88. The summed E-state index contributed by atoms with van der Waals surface area (Å²) in [5, 5.41) is 8.98. The van der Waals surface area contributed by atoms with Gasteiger partial charge in [0.1, 0.15) is 5.76 Å². The molecule has 0 saturated carbocycles. The average molecular weight is 211 g/mol. The Kier molecular flexibility index (Phi) is 3.34. The highest BCUT2D eigenvalue weighted by Crippen LogP contribution is 2.11. The molecule has 1 rings (SSSR count). The van der Waals surface area contributed by atoms with Crippen LogP contribution in [0.15, 0.2) is 10.6 Å². The molecule has 0 radical (unpaired) electrons. The Labute approximate surface area is 89.2 Å². The third-order valence-corrected chi connectivity index (χ3v) is 1.65. The predicted molar refractivity (Wildman–Crippen MR) is 57.7 cm³/mol. The van der Waals surface area contributed by atoms with Crippen LogP contribution in [0.1, 0.15) is 26.5 Å². The van der Waals surface area contributed by atoms with E-state index in [0.29, 0.717) is 18.1 Å². The van der Waals surface area contributed by atoms with Gasteiger partial charge in [-0.3, -0.25) is 5.32 Å². The average Bonchev–Trinajstić information content (AvgIpc) is 2.47. The molecule has 1 heterocycles. The molecule has 0 atom stereocenters. The van der Waals surface area contributed by atoms with Gasteiger partial charge in [0, 0.05) is 12.6 Å². The van der Waals surface area contributed by atoms with Gasteiger partial charge < -0.3 is 9.84 Å². The number of carbonyl (C=O) groups excluding carboxylic acids is 1. The Morgan fingerprint density at radius 1 is 1.53 bits per heavy atom. The maximum absolute atomic E-state index is 11.4. The number of aryl methyl sites for hydroxylation is 1. The summed E-state index contributed by atoms with van der Waals surface area (Å²) >= 11 is 0. The van der Waals surface area contributed by atoms with E-state index in [1.807, 2.05) is 20.8 Å². The Morgan fingerprint density at radius 2 is 2.20 bits per heavy atom. The minimum Gasteiger partial charge on any atom is -0.360 e. The maximum Gasteiger partial charge on any atom is 0.320 e.